The standard InChI is InChI=1S/C15H22N2O4S/c1-11-14(8-5-9-16-11)17-22(19,20)10-12-6-3-4-7-13(12)15(18)21-2/h3-4,6-7,11,14,16-17H,5,8-10H2,1-2H3. The zero-order valence-electron chi connectivity index (χ0n) is 12.8. The highest BCUT2D eigenvalue weighted by molar-refractivity contribution is 7.88. The number of methoxy groups -OCH3 is 1. The molecular weight excluding hydrogens is 304 g/mol. The summed E-state index contributed by atoms with van der Waals surface area (Å²) in [6.45, 7) is 2.87. The van der Waals surface area contributed by atoms with Crippen LogP contribution in [0.25, 0.3) is 0 Å². The Hall–Kier alpha value is -1.44. The first-order chi connectivity index (χ1) is 10.4. The third-order valence-corrected chi connectivity index (χ3v) is 5.21. The van der Waals surface area contributed by atoms with E-state index >= 15 is 0 Å². The minimum atomic E-state index is -3.53. The molecule has 0 saturated carbocycles. The third kappa shape index (κ3) is 4.28. The van der Waals surface area contributed by atoms with Gasteiger partial charge in [-0.1, -0.05) is 18.2 Å². The summed E-state index contributed by atoms with van der Waals surface area (Å²) in [5.41, 5.74) is 0.725. The predicted octanol–water partition coefficient (Wildman–Crippen LogP) is 1.03. The minimum Gasteiger partial charge on any atom is -0.465 e. The van der Waals surface area contributed by atoms with Crippen molar-refractivity contribution in [1.82, 2.24) is 10.0 Å². The molecular formula is C15H22N2O4S. The van der Waals surface area contributed by atoms with Gasteiger partial charge in [0.15, 0.2) is 0 Å². The van der Waals surface area contributed by atoms with Gasteiger partial charge in [0, 0.05) is 12.1 Å². The summed E-state index contributed by atoms with van der Waals surface area (Å²) in [4.78, 5) is 11.7. The summed E-state index contributed by atoms with van der Waals surface area (Å²) in [7, 11) is -2.25. The molecule has 1 aromatic rings. The Kier molecular flexibility index (Phi) is 5.55. The van der Waals surface area contributed by atoms with E-state index in [1.165, 1.54) is 7.11 Å². The van der Waals surface area contributed by atoms with E-state index < -0.39 is 16.0 Å². The third-order valence-electron chi connectivity index (χ3n) is 3.86. The molecule has 2 N–H and O–H groups in total. The molecule has 2 atom stereocenters. The van der Waals surface area contributed by atoms with Crippen LogP contribution in [0.2, 0.25) is 0 Å². The fourth-order valence-corrected chi connectivity index (χ4v) is 4.16. The quantitative estimate of drug-likeness (QED) is 0.790. The lowest BCUT2D eigenvalue weighted by Crippen LogP contribution is -2.52. The molecule has 1 heterocycles. The van der Waals surface area contributed by atoms with E-state index in [4.69, 9.17) is 4.74 Å². The van der Waals surface area contributed by atoms with Crippen LogP contribution in [0.4, 0.5) is 0 Å². The van der Waals surface area contributed by atoms with Crippen molar-refractivity contribution < 1.29 is 17.9 Å². The van der Waals surface area contributed by atoms with Crippen molar-refractivity contribution in [3.63, 3.8) is 0 Å². The highest BCUT2D eigenvalue weighted by Crippen LogP contribution is 2.15. The van der Waals surface area contributed by atoms with E-state index in [-0.39, 0.29) is 23.4 Å². The van der Waals surface area contributed by atoms with E-state index in [1.54, 1.807) is 24.3 Å². The second-order valence-electron chi connectivity index (χ2n) is 5.52. The maximum atomic E-state index is 12.4. The number of nitrogens with one attached hydrogen (secondary N) is 2. The van der Waals surface area contributed by atoms with Gasteiger partial charge in [0.1, 0.15) is 0 Å². The van der Waals surface area contributed by atoms with Crippen LogP contribution in [-0.2, 0) is 20.5 Å². The number of carbonyl (C=O) groups is 1. The predicted molar refractivity (Wildman–Crippen MR) is 84.0 cm³/mol. The molecule has 22 heavy (non-hydrogen) atoms. The molecule has 0 spiro atoms. The topological polar surface area (TPSA) is 84.5 Å². The number of hydrogen-bond acceptors (Lipinski definition) is 5. The van der Waals surface area contributed by atoms with E-state index in [2.05, 4.69) is 10.0 Å². The molecule has 2 unspecified atom stereocenters. The first-order valence-corrected chi connectivity index (χ1v) is 8.98. The van der Waals surface area contributed by atoms with Gasteiger partial charge < -0.3 is 10.1 Å². The summed E-state index contributed by atoms with van der Waals surface area (Å²) in [6, 6.07) is 6.57. The first-order valence-electron chi connectivity index (χ1n) is 7.32. The summed E-state index contributed by atoms with van der Waals surface area (Å²) in [5, 5.41) is 3.26. The molecule has 0 aromatic heterocycles. The van der Waals surface area contributed by atoms with Gasteiger partial charge in [0.25, 0.3) is 0 Å². The van der Waals surface area contributed by atoms with Crippen molar-refractivity contribution in [2.24, 2.45) is 0 Å². The Labute approximate surface area is 131 Å². The molecule has 0 amide bonds. The van der Waals surface area contributed by atoms with Crippen LogP contribution < -0.4 is 10.0 Å². The number of ether oxygens (including phenoxy) is 1. The van der Waals surface area contributed by atoms with Gasteiger partial charge in [0.05, 0.1) is 18.4 Å². The number of benzene rings is 1. The molecule has 0 aliphatic carbocycles. The number of piperidine rings is 1. The summed E-state index contributed by atoms with van der Waals surface area (Å²) < 4.78 is 32.2. The van der Waals surface area contributed by atoms with Crippen LogP contribution in [0.5, 0.6) is 0 Å². The Morgan fingerprint density at radius 3 is 2.82 bits per heavy atom. The molecule has 1 fully saturated rings. The Bertz CT molecular complexity index is 630. The van der Waals surface area contributed by atoms with Crippen LogP contribution in [0.3, 0.4) is 0 Å². The van der Waals surface area contributed by atoms with E-state index in [9.17, 15) is 13.2 Å². The number of rotatable bonds is 5. The Balaban J connectivity index is 2.13. The average Bonchev–Trinajstić information content (AvgIpc) is 2.49. The molecule has 7 heteroatoms. The highest BCUT2D eigenvalue weighted by atomic mass is 32.2. The fourth-order valence-electron chi connectivity index (χ4n) is 2.64. The maximum Gasteiger partial charge on any atom is 0.338 e. The molecule has 1 aromatic carbocycles. The van der Waals surface area contributed by atoms with Gasteiger partial charge in [0.2, 0.25) is 10.0 Å². The highest BCUT2D eigenvalue weighted by Gasteiger charge is 2.26. The lowest BCUT2D eigenvalue weighted by molar-refractivity contribution is 0.0600. The molecule has 2 rings (SSSR count). The molecule has 0 radical (unpaired) electrons. The average molecular weight is 326 g/mol. The van der Waals surface area contributed by atoms with Gasteiger partial charge in [-0.25, -0.2) is 17.9 Å². The number of carbonyl (C=O) groups excluding carboxylic acids is 1. The van der Waals surface area contributed by atoms with Gasteiger partial charge >= 0.3 is 5.97 Å². The summed E-state index contributed by atoms with van der Waals surface area (Å²) >= 11 is 0. The fraction of sp³-hybridized carbons (Fsp3) is 0.533. The number of esters is 1. The Morgan fingerprint density at radius 2 is 2.14 bits per heavy atom. The number of sulfonamides is 1. The summed E-state index contributed by atoms with van der Waals surface area (Å²) in [6.07, 6.45) is 1.75. The first kappa shape index (κ1) is 16.9. The second-order valence-corrected chi connectivity index (χ2v) is 7.27. The SMILES string of the molecule is COC(=O)c1ccccc1CS(=O)(=O)NC1CCCNC1C. The molecule has 1 saturated heterocycles. The lowest BCUT2D eigenvalue weighted by Gasteiger charge is -2.30. The molecule has 6 nitrogen and oxygen atoms in total. The molecule has 1 aliphatic heterocycles. The smallest absolute Gasteiger partial charge is 0.338 e. The number of hydrogen-bond donors (Lipinski definition) is 2. The zero-order chi connectivity index (χ0) is 16.2. The van der Waals surface area contributed by atoms with E-state index in [1.807, 2.05) is 6.92 Å². The van der Waals surface area contributed by atoms with Crippen LogP contribution in [0.15, 0.2) is 24.3 Å². The largest absolute Gasteiger partial charge is 0.465 e. The zero-order valence-corrected chi connectivity index (χ0v) is 13.7. The molecule has 0 bridgehead atoms. The van der Waals surface area contributed by atoms with Crippen molar-refractivity contribution in [2.75, 3.05) is 13.7 Å². The van der Waals surface area contributed by atoms with E-state index in [0.717, 1.165) is 19.4 Å². The van der Waals surface area contributed by atoms with E-state index in [0.29, 0.717) is 5.56 Å². The maximum absolute atomic E-state index is 12.4. The molecule has 122 valence electrons. The van der Waals surface area contributed by atoms with Crippen molar-refractivity contribution in [2.45, 2.75) is 37.6 Å². The van der Waals surface area contributed by atoms with Gasteiger partial charge in [-0.05, 0) is 37.9 Å². The second kappa shape index (κ2) is 7.21. The van der Waals surface area contributed by atoms with Crippen LogP contribution in [-0.4, -0.2) is 40.1 Å². The van der Waals surface area contributed by atoms with Gasteiger partial charge in [-0.15, -0.1) is 0 Å². The van der Waals surface area contributed by atoms with Crippen molar-refractivity contribution in [3.05, 3.63) is 35.4 Å². The van der Waals surface area contributed by atoms with Crippen molar-refractivity contribution in [3.8, 4) is 0 Å². The monoisotopic (exact) mass is 326 g/mol. The lowest BCUT2D eigenvalue weighted by atomic mass is 10.0. The molecule has 1 aliphatic rings. The van der Waals surface area contributed by atoms with Gasteiger partial charge in [-0.2, -0.15) is 0 Å². The minimum absolute atomic E-state index is 0.0966. The van der Waals surface area contributed by atoms with Crippen molar-refractivity contribution >= 4 is 16.0 Å². The normalized spacial score (nSPS) is 22.3. The Morgan fingerprint density at radius 1 is 1.41 bits per heavy atom. The van der Waals surface area contributed by atoms with Gasteiger partial charge in [-0.3, -0.25) is 0 Å². The van der Waals surface area contributed by atoms with Crippen LogP contribution in [0.1, 0.15) is 35.7 Å². The van der Waals surface area contributed by atoms with Crippen LogP contribution in [0, 0.1) is 0 Å². The summed E-state index contributed by atoms with van der Waals surface area (Å²) in [5.74, 6) is -0.764. The van der Waals surface area contributed by atoms with Crippen molar-refractivity contribution in [1.29, 1.82) is 0 Å². The van der Waals surface area contributed by atoms with Crippen LogP contribution >= 0.6 is 0 Å².